The van der Waals surface area contributed by atoms with Gasteiger partial charge in [-0.1, -0.05) is 76.7 Å². The maximum Gasteiger partial charge on any atom is 0.330 e. The van der Waals surface area contributed by atoms with Crippen LogP contribution >= 0.6 is 0 Å². The number of hydrogen-bond donors (Lipinski definition) is 2. The molecule has 0 bridgehead atoms. The van der Waals surface area contributed by atoms with E-state index in [4.69, 9.17) is 14.6 Å². The molecule has 180 valence electrons. The maximum atomic E-state index is 11.8. The highest BCUT2D eigenvalue weighted by atomic mass is 16.5. The number of hydrogen-bond acceptors (Lipinski definition) is 5. The van der Waals surface area contributed by atoms with Gasteiger partial charge in [0.25, 0.3) is 0 Å². The lowest BCUT2D eigenvalue weighted by molar-refractivity contribution is -0.138. The molecule has 0 unspecified atom stereocenters. The smallest absolute Gasteiger partial charge is 0.330 e. The molecular formula is C26H40O6. The van der Waals surface area contributed by atoms with Gasteiger partial charge in [-0.3, -0.25) is 4.79 Å². The minimum absolute atomic E-state index is 0.0638. The van der Waals surface area contributed by atoms with Gasteiger partial charge in [-0.15, -0.1) is 0 Å². The van der Waals surface area contributed by atoms with Gasteiger partial charge < -0.3 is 19.7 Å². The van der Waals surface area contributed by atoms with Gasteiger partial charge in [0.15, 0.2) is 11.5 Å². The van der Waals surface area contributed by atoms with Crippen LogP contribution in [0.15, 0.2) is 24.3 Å². The summed E-state index contributed by atoms with van der Waals surface area (Å²) in [5.41, 5.74) is 0.757. The van der Waals surface area contributed by atoms with Crippen molar-refractivity contribution >= 4 is 18.0 Å². The van der Waals surface area contributed by atoms with Gasteiger partial charge in [-0.2, -0.15) is 0 Å². The number of phenolic OH excluding ortho intramolecular Hbond substituents is 1. The van der Waals surface area contributed by atoms with Crippen LogP contribution in [0.3, 0.4) is 0 Å². The fourth-order valence-corrected chi connectivity index (χ4v) is 3.51. The number of aromatic hydroxyl groups is 1. The van der Waals surface area contributed by atoms with Crippen molar-refractivity contribution < 1.29 is 29.3 Å². The van der Waals surface area contributed by atoms with Gasteiger partial charge >= 0.3 is 11.9 Å². The highest BCUT2D eigenvalue weighted by molar-refractivity contribution is 5.87. The first kappa shape index (κ1) is 27.5. The topological polar surface area (TPSA) is 93.1 Å². The van der Waals surface area contributed by atoms with Crippen molar-refractivity contribution in [3.05, 3.63) is 29.8 Å². The van der Waals surface area contributed by atoms with Crippen LogP contribution in [0.5, 0.6) is 11.5 Å². The number of carboxylic acids is 1. The summed E-state index contributed by atoms with van der Waals surface area (Å²) in [5, 5.41) is 18.2. The third-order valence-electron chi connectivity index (χ3n) is 5.39. The summed E-state index contributed by atoms with van der Waals surface area (Å²) in [7, 11) is 1.48. The van der Waals surface area contributed by atoms with Crippen LogP contribution in [-0.4, -0.2) is 35.9 Å². The molecule has 6 nitrogen and oxygen atoms in total. The lowest BCUT2D eigenvalue weighted by Gasteiger charge is -2.04. The molecule has 32 heavy (non-hydrogen) atoms. The number of carbonyl (C=O) groups excluding carboxylic acids is 1. The molecule has 2 N–H and O–H groups in total. The van der Waals surface area contributed by atoms with Crippen LogP contribution in [0.2, 0.25) is 0 Å². The van der Waals surface area contributed by atoms with E-state index < -0.39 is 5.97 Å². The predicted molar refractivity (Wildman–Crippen MR) is 127 cm³/mol. The van der Waals surface area contributed by atoms with E-state index >= 15 is 0 Å². The largest absolute Gasteiger partial charge is 0.504 e. The highest BCUT2D eigenvalue weighted by Crippen LogP contribution is 2.26. The highest BCUT2D eigenvalue weighted by Gasteiger charge is 2.02. The molecule has 0 radical (unpaired) electrons. The van der Waals surface area contributed by atoms with Gasteiger partial charge in [0.05, 0.1) is 13.7 Å². The quantitative estimate of drug-likeness (QED) is 0.142. The lowest BCUT2D eigenvalue weighted by Crippen LogP contribution is -2.02. The summed E-state index contributed by atoms with van der Waals surface area (Å²) in [4.78, 5) is 22.2. The van der Waals surface area contributed by atoms with Crippen LogP contribution in [-0.2, 0) is 14.3 Å². The van der Waals surface area contributed by atoms with E-state index in [1.807, 2.05) is 0 Å². The summed E-state index contributed by atoms with van der Waals surface area (Å²) >= 11 is 0. The first-order chi connectivity index (χ1) is 15.5. The van der Waals surface area contributed by atoms with Crippen LogP contribution in [0.25, 0.3) is 6.08 Å². The number of rotatable bonds is 19. The molecule has 0 fully saturated rings. The molecule has 0 saturated heterocycles. The standard InChI is InChI=1S/C26H40O6/c1-31-24-21-22(16-18-23(24)27)17-19-26(30)32-20-14-12-10-8-6-4-2-3-5-7-9-11-13-15-25(28)29/h16-19,21,27H,2-15,20H2,1H3,(H,28,29)/b19-17+. The Morgan fingerprint density at radius 2 is 1.38 bits per heavy atom. The van der Waals surface area contributed by atoms with Crippen LogP contribution < -0.4 is 4.74 Å². The summed E-state index contributed by atoms with van der Waals surface area (Å²) in [6.45, 7) is 0.439. The second kappa shape index (κ2) is 18.1. The van der Waals surface area contributed by atoms with Crippen molar-refractivity contribution in [1.82, 2.24) is 0 Å². The van der Waals surface area contributed by atoms with E-state index in [2.05, 4.69) is 0 Å². The molecule has 0 amide bonds. The molecule has 0 aliphatic rings. The fraction of sp³-hybridized carbons (Fsp3) is 0.615. The van der Waals surface area contributed by atoms with E-state index in [1.165, 1.54) is 70.6 Å². The second-order valence-corrected chi connectivity index (χ2v) is 8.17. The molecule has 6 heteroatoms. The summed E-state index contributed by atoms with van der Waals surface area (Å²) in [5.74, 6) is -0.620. The Hall–Kier alpha value is -2.50. The Bertz CT molecular complexity index is 683. The maximum absolute atomic E-state index is 11.8. The van der Waals surface area contributed by atoms with Crippen molar-refractivity contribution in [1.29, 1.82) is 0 Å². The van der Waals surface area contributed by atoms with Crippen molar-refractivity contribution in [2.24, 2.45) is 0 Å². The van der Waals surface area contributed by atoms with Gasteiger partial charge in [0.2, 0.25) is 0 Å². The van der Waals surface area contributed by atoms with E-state index in [9.17, 15) is 14.7 Å². The molecule has 0 aliphatic carbocycles. The van der Waals surface area contributed by atoms with E-state index in [0.717, 1.165) is 37.7 Å². The monoisotopic (exact) mass is 448 g/mol. The van der Waals surface area contributed by atoms with Crippen LogP contribution in [0.4, 0.5) is 0 Å². The molecule has 0 aromatic heterocycles. The predicted octanol–water partition coefficient (Wildman–Crippen LogP) is 6.50. The Morgan fingerprint density at radius 3 is 1.91 bits per heavy atom. The Morgan fingerprint density at radius 1 is 0.844 bits per heavy atom. The van der Waals surface area contributed by atoms with Gasteiger partial charge in [-0.25, -0.2) is 4.79 Å². The minimum Gasteiger partial charge on any atom is -0.504 e. The van der Waals surface area contributed by atoms with Crippen LogP contribution in [0, 0.1) is 0 Å². The summed E-state index contributed by atoms with van der Waals surface area (Å²) in [6.07, 6.45) is 18.3. The number of carbonyl (C=O) groups is 2. The first-order valence-corrected chi connectivity index (χ1v) is 12.0. The summed E-state index contributed by atoms with van der Waals surface area (Å²) < 4.78 is 10.3. The van der Waals surface area contributed by atoms with Crippen molar-refractivity contribution in [3.63, 3.8) is 0 Å². The third-order valence-corrected chi connectivity index (χ3v) is 5.39. The average Bonchev–Trinajstić information content (AvgIpc) is 2.78. The van der Waals surface area contributed by atoms with E-state index in [1.54, 1.807) is 18.2 Å². The SMILES string of the molecule is COc1cc(/C=C/C(=O)OCCCCCCCCCCCCCCCC(=O)O)ccc1O. The number of phenols is 1. The number of carboxylic acid groups (broad SMARTS) is 1. The number of ether oxygens (including phenoxy) is 2. The fourth-order valence-electron chi connectivity index (χ4n) is 3.51. The average molecular weight is 449 g/mol. The van der Waals surface area contributed by atoms with Crippen molar-refractivity contribution in [2.45, 2.75) is 89.9 Å². The zero-order valence-electron chi connectivity index (χ0n) is 19.5. The lowest BCUT2D eigenvalue weighted by atomic mass is 10.0. The second-order valence-electron chi connectivity index (χ2n) is 8.17. The number of esters is 1. The molecule has 0 aliphatic heterocycles. The molecule has 0 spiro atoms. The first-order valence-electron chi connectivity index (χ1n) is 12.0. The van der Waals surface area contributed by atoms with E-state index in [0.29, 0.717) is 18.8 Å². The Balaban J connectivity index is 1.90. The number of unbranched alkanes of at least 4 members (excludes halogenated alkanes) is 12. The third kappa shape index (κ3) is 14.5. The summed E-state index contributed by atoms with van der Waals surface area (Å²) in [6, 6.07) is 4.88. The molecule has 0 heterocycles. The van der Waals surface area contributed by atoms with Crippen molar-refractivity contribution in [3.8, 4) is 11.5 Å². The minimum atomic E-state index is -0.688. The molecule has 1 aromatic carbocycles. The van der Waals surface area contributed by atoms with Crippen molar-refractivity contribution in [2.75, 3.05) is 13.7 Å². The van der Waals surface area contributed by atoms with Crippen LogP contribution in [0.1, 0.15) is 95.5 Å². The van der Waals surface area contributed by atoms with Gasteiger partial charge in [0.1, 0.15) is 0 Å². The zero-order valence-corrected chi connectivity index (χ0v) is 19.5. The molecular weight excluding hydrogens is 408 g/mol. The number of aliphatic carboxylic acids is 1. The Kier molecular flexibility index (Phi) is 15.6. The molecule has 1 aromatic rings. The number of methoxy groups -OCH3 is 1. The molecule has 1 rings (SSSR count). The van der Waals surface area contributed by atoms with Gasteiger partial charge in [-0.05, 0) is 36.6 Å². The molecule has 0 atom stereocenters. The normalized spacial score (nSPS) is 11.0. The zero-order chi connectivity index (χ0) is 23.4. The van der Waals surface area contributed by atoms with Gasteiger partial charge in [0, 0.05) is 12.5 Å². The van der Waals surface area contributed by atoms with E-state index in [-0.39, 0.29) is 11.7 Å². The molecule has 0 saturated carbocycles. The number of benzene rings is 1. The Labute approximate surface area is 192 Å².